The van der Waals surface area contributed by atoms with E-state index in [1.807, 2.05) is 11.3 Å². The van der Waals surface area contributed by atoms with Gasteiger partial charge < -0.3 is 10.2 Å². The average molecular weight is 286 g/mol. The summed E-state index contributed by atoms with van der Waals surface area (Å²) in [5.74, 6) is 0. The fraction of sp³-hybridized carbons (Fsp3) is 0.412. The molecule has 0 saturated carbocycles. The summed E-state index contributed by atoms with van der Waals surface area (Å²) in [5, 5.41) is 5.75. The summed E-state index contributed by atoms with van der Waals surface area (Å²) in [4.78, 5) is 3.98. The summed E-state index contributed by atoms with van der Waals surface area (Å²) in [7, 11) is 0. The van der Waals surface area contributed by atoms with E-state index >= 15 is 0 Å². The molecule has 0 spiro atoms. The number of anilines is 1. The normalized spacial score (nSPS) is 14.3. The molecule has 20 heavy (non-hydrogen) atoms. The smallest absolute Gasteiger partial charge is 0.0399 e. The highest BCUT2D eigenvalue weighted by Gasteiger charge is 2.15. The van der Waals surface area contributed by atoms with Crippen molar-refractivity contribution in [2.45, 2.75) is 26.3 Å². The number of benzene rings is 1. The molecule has 106 valence electrons. The van der Waals surface area contributed by atoms with Crippen LogP contribution in [0.3, 0.4) is 0 Å². The van der Waals surface area contributed by atoms with Crippen molar-refractivity contribution in [2.24, 2.45) is 0 Å². The summed E-state index contributed by atoms with van der Waals surface area (Å²) < 4.78 is 0. The first-order valence-corrected chi connectivity index (χ1v) is 8.29. The van der Waals surface area contributed by atoms with E-state index in [9.17, 15) is 0 Å². The van der Waals surface area contributed by atoms with Crippen molar-refractivity contribution < 1.29 is 0 Å². The van der Waals surface area contributed by atoms with Crippen LogP contribution in [0.5, 0.6) is 0 Å². The van der Waals surface area contributed by atoms with Gasteiger partial charge in [0.2, 0.25) is 0 Å². The van der Waals surface area contributed by atoms with E-state index in [-0.39, 0.29) is 0 Å². The Morgan fingerprint density at radius 1 is 1.25 bits per heavy atom. The lowest BCUT2D eigenvalue weighted by atomic mass is 10.0. The van der Waals surface area contributed by atoms with Crippen molar-refractivity contribution in [3.8, 4) is 0 Å². The number of rotatable bonds is 5. The highest BCUT2D eigenvalue weighted by molar-refractivity contribution is 7.10. The zero-order valence-corrected chi connectivity index (χ0v) is 12.9. The van der Waals surface area contributed by atoms with Gasteiger partial charge in [-0.25, -0.2) is 0 Å². The maximum Gasteiger partial charge on any atom is 0.0399 e. The van der Waals surface area contributed by atoms with E-state index in [4.69, 9.17) is 0 Å². The van der Waals surface area contributed by atoms with Crippen LogP contribution >= 0.6 is 11.3 Å². The third-order valence-electron chi connectivity index (χ3n) is 4.02. The molecule has 1 aliphatic rings. The Morgan fingerprint density at radius 2 is 2.15 bits per heavy atom. The van der Waals surface area contributed by atoms with Crippen molar-refractivity contribution in [1.29, 1.82) is 0 Å². The molecule has 3 heteroatoms. The third-order valence-corrected chi connectivity index (χ3v) is 5.04. The maximum atomic E-state index is 3.58. The molecule has 1 N–H and O–H groups in total. The molecule has 0 fully saturated rings. The molecule has 0 radical (unpaired) electrons. The number of nitrogens with one attached hydrogen (secondary N) is 1. The minimum atomic E-state index is 0.999. The predicted molar refractivity (Wildman–Crippen MR) is 87.7 cm³/mol. The standard InChI is InChI=1S/C17H22N2S/c1-14-8-12-20-17(14)13-18-9-11-19-10-4-6-15-5-2-3-7-16(15)19/h2-3,5,7-8,12,18H,4,6,9-11,13H2,1H3. The first kappa shape index (κ1) is 13.7. The van der Waals surface area contributed by atoms with Crippen LogP contribution < -0.4 is 10.2 Å². The van der Waals surface area contributed by atoms with Crippen LogP contribution in [0, 0.1) is 6.92 Å². The Hall–Kier alpha value is -1.32. The molecule has 0 bridgehead atoms. The van der Waals surface area contributed by atoms with Crippen LogP contribution in [0.1, 0.15) is 22.4 Å². The van der Waals surface area contributed by atoms with E-state index in [0.29, 0.717) is 0 Å². The van der Waals surface area contributed by atoms with Gasteiger partial charge in [0.25, 0.3) is 0 Å². The molecule has 1 aromatic heterocycles. The number of hydrogen-bond acceptors (Lipinski definition) is 3. The van der Waals surface area contributed by atoms with Crippen molar-refractivity contribution >= 4 is 17.0 Å². The zero-order valence-electron chi connectivity index (χ0n) is 12.1. The molecule has 0 amide bonds. The molecule has 3 rings (SSSR count). The molecule has 1 aromatic carbocycles. The topological polar surface area (TPSA) is 15.3 Å². The minimum Gasteiger partial charge on any atom is -0.370 e. The maximum absolute atomic E-state index is 3.58. The van der Waals surface area contributed by atoms with Gasteiger partial charge in [0.05, 0.1) is 0 Å². The Kier molecular flexibility index (Phi) is 4.38. The Balaban J connectivity index is 1.51. The lowest BCUT2D eigenvalue weighted by molar-refractivity contribution is 0.632. The van der Waals surface area contributed by atoms with Gasteiger partial charge in [-0.05, 0) is 48.4 Å². The second-order valence-corrected chi connectivity index (χ2v) is 6.42. The fourth-order valence-corrected chi connectivity index (χ4v) is 3.72. The van der Waals surface area contributed by atoms with E-state index in [1.54, 1.807) is 0 Å². The van der Waals surface area contributed by atoms with Crippen molar-refractivity contribution in [3.63, 3.8) is 0 Å². The summed E-state index contributed by atoms with van der Waals surface area (Å²) in [6.07, 6.45) is 2.51. The Bertz CT molecular complexity index is 562. The molecule has 2 aromatic rings. The molecule has 2 nitrogen and oxygen atoms in total. The van der Waals surface area contributed by atoms with E-state index in [2.05, 4.69) is 52.9 Å². The van der Waals surface area contributed by atoms with Crippen molar-refractivity contribution in [2.75, 3.05) is 24.5 Å². The molecular weight excluding hydrogens is 264 g/mol. The number of para-hydroxylation sites is 1. The lowest BCUT2D eigenvalue weighted by Gasteiger charge is -2.31. The molecule has 0 atom stereocenters. The molecular formula is C17H22N2S. The van der Waals surface area contributed by atoms with Gasteiger partial charge in [-0.1, -0.05) is 18.2 Å². The SMILES string of the molecule is Cc1ccsc1CNCCN1CCCc2ccccc21. The third kappa shape index (κ3) is 3.05. The predicted octanol–water partition coefficient (Wildman–Crippen LogP) is 3.60. The number of hydrogen-bond donors (Lipinski definition) is 1. The number of nitrogens with zero attached hydrogens (tertiary/aromatic N) is 1. The average Bonchev–Trinajstić information content (AvgIpc) is 2.89. The van der Waals surface area contributed by atoms with Gasteiger partial charge in [-0.2, -0.15) is 0 Å². The van der Waals surface area contributed by atoms with Crippen LogP contribution in [0.15, 0.2) is 35.7 Å². The van der Waals surface area contributed by atoms with E-state index < -0.39 is 0 Å². The summed E-state index contributed by atoms with van der Waals surface area (Å²) in [6, 6.07) is 11.0. The number of thiophene rings is 1. The zero-order chi connectivity index (χ0) is 13.8. The highest BCUT2D eigenvalue weighted by atomic mass is 32.1. The largest absolute Gasteiger partial charge is 0.370 e. The summed E-state index contributed by atoms with van der Waals surface area (Å²) in [5.41, 5.74) is 4.35. The molecule has 1 aliphatic heterocycles. The number of fused-ring (bicyclic) bond motifs is 1. The van der Waals surface area contributed by atoms with Crippen LogP contribution in [-0.2, 0) is 13.0 Å². The second kappa shape index (κ2) is 6.42. The van der Waals surface area contributed by atoms with Crippen LogP contribution in [-0.4, -0.2) is 19.6 Å². The number of aryl methyl sites for hydroxylation is 2. The molecule has 2 heterocycles. The molecule has 0 unspecified atom stereocenters. The van der Waals surface area contributed by atoms with Crippen molar-refractivity contribution in [3.05, 3.63) is 51.7 Å². The monoisotopic (exact) mass is 286 g/mol. The quantitative estimate of drug-likeness (QED) is 0.845. The van der Waals surface area contributed by atoms with Crippen LogP contribution in [0.25, 0.3) is 0 Å². The highest BCUT2D eigenvalue weighted by Crippen LogP contribution is 2.26. The lowest BCUT2D eigenvalue weighted by Crippen LogP contribution is -2.35. The van der Waals surface area contributed by atoms with Gasteiger partial charge >= 0.3 is 0 Å². The first-order chi connectivity index (χ1) is 9.84. The fourth-order valence-electron chi connectivity index (χ4n) is 2.84. The first-order valence-electron chi connectivity index (χ1n) is 7.41. The van der Waals surface area contributed by atoms with Gasteiger partial charge in [-0.15, -0.1) is 11.3 Å². The van der Waals surface area contributed by atoms with Gasteiger partial charge in [0, 0.05) is 36.7 Å². The Labute approximate surface area is 125 Å². The summed E-state index contributed by atoms with van der Waals surface area (Å²) in [6.45, 7) is 6.53. The Morgan fingerprint density at radius 3 is 3.00 bits per heavy atom. The van der Waals surface area contributed by atoms with Gasteiger partial charge in [0.15, 0.2) is 0 Å². The molecule has 0 saturated heterocycles. The minimum absolute atomic E-state index is 0.999. The van der Waals surface area contributed by atoms with Crippen LogP contribution in [0.2, 0.25) is 0 Å². The molecule has 0 aliphatic carbocycles. The van der Waals surface area contributed by atoms with Crippen LogP contribution in [0.4, 0.5) is 5.69 Å². The van der Waals surface area contributed by atoms with Gasteiger partial charge in [-0.3, -0.25) is 0 Å². The van der Waals surface area contributed by atoms with E-state index in [1.165, 1.54) is 41.1 Å². The van der Waals surface area contributed by atoms with Gasteiger partial charge in [0.1, 0.15) is 0 Å². The summed E-state index contributed by atoms with van der Waals surface area (Å²) >= 11 is 1.85. The second-order valence-electron chi connectivity index (χ2n) is 5.42. The van der Waals surface area contributed by atoms with E-state index in [0.717, 1.165) is 19.6 Å². The van der Waals surface area contributed by atoms with Crippen molar-refractivity contribution in [1.82, 2.24) is 5.32 Å².